The minimum absolute atomic E-state index is 0.165. The molecule has 1 amide bonds. The highest BCUT2D eigenvalue weighted by atomic mass is 79.9. The Bertz CT molecular complexity index is 998. The molecule has 8 nitrogen and oxygen atoms in total. The number of halogens is 1. The molecular formula is C20H18BrN3O5. The van der Waals surface area contributed by atoms with Gasteiger partial charge in [0, 0.05) is 17.8 Å². The Hall–Kier alpha value is -3.38. The zero-order valence-electron chi connectivity index (χ0n) is 15.8. The molecule has 0 fully saturated rings. The second kappa shape index (κ2) is 10.2. The number of non-ortho nitro benzene ring substituents is 1. The number of carbonyl (C=O) groups is 1. The summed E-state index contributed by atoms with van der Waals surface area (Å²) in [6, 6.07) is 10.7. The predicted octanol–water partition coefficient (Wildman–Crippen LogP) is 4.70. The molecule has 0 saturated carbocycles. The highest BCUT2D eigenvalue weighted by molar-refractivity contribution is 9.10. The van der Waals surface area contributed by atoms with Crippen molar-refractivity contribution < 1.29 is 19.2 Å². The summed E-state index contributed by atoms with van der Waals surface area (Å²) in [5, 5.41) is 22.8. The van der Waals surface area contributed by atoms with E-state index in [0.29, 0.717) is 34.7 Å². The zero-order valence-corrected chi connectivity index (χ0v) is 17.4. The van der Waals surface area contributed by atoms with Crippen molar-refractivity contribution in [3.63, 3.8) is 0 Å². The van der Waals surface area contributed by atoms with Gasteiger partial charge in [-0.3, -0.25) is 14.9 Å². The summed E-state index contributed by atoms with van der Waals surface area (Å²) in [7, 11) is 0. The Kier molecular flexibility index (Phi) is 7.74. The van der Waals surface area contributed by atoms with E-state index in [9.17, 15) is 20.2 Å². The molecule has 2 aromatic carbocycles. The van der Waals surface area contributed by atoms with Gasteiger partial charge in [-0.15, -0.1) is 0 Å². The van der Waals surface area contributed by atoms with E-state index in [1.54, 1.807) is 12.1 Å². The molecule has 2 rings (SSSR count). The lowest BCUT2D eigenvalue weighted by molar-refractivity contribution is -0.384. The molecule has 0 spiro atoms. The lowest BCUT2D eigenvalue weighted by atomic mass is 10.1. The predicted molar refractivity (Wildman–Crippen MR) is 112 cm³/mol. The Morgan fingerprint density at radius 3 is 2.62 bits per heavy atom. The lowest BCUT2D eigenvalue weighted by Gasteiger charge is -2.13. The number of rotatable bonds is 8. The Labute approximate surface area is 176 Å². The monoisotopic (exact) mass is 459 g/mol. The van der Waals surface area contributed by atoms with Gasteiger partial charge in [-0.2, -0.15) is 5.26 Å². The number of nitriles is 1. The maximum Gasteiger partial charge on any atom is 0.271 e. The average molecular weight is 460 g/mol. The molecule has 0 heterocycles. The number of ether oxygens (including phenoxy) is 2. The second-order valence-corrected chi connectivity index (χ2v) is 6.48. The fourth-order valence-electron chi connectivity index (χ4n) is 2.43. The van der Waals surface area contributed by atoms with Gasteiger partial charge in [-0.25, -0.2) is 0 Å². The third-order valence-electron chi connectivity index (χ3n) is 3.61. The van der Waals surface area contributed by atoms with Crippen molar-refractivity contribution in [2.75, 3.05) is 18.5 Å². The number of nitro benzene ring substituents is 1. The topological polar surface area (TPSA) is 114 Å². The number of nitro groups is 1. The summed E-state index contributed by atoms with van der Waals surface area (Å²) in [6.07, 6.45) is 1.40. The van der Waals surface area contributed by atoms with Crippen LogP contribution in [0.5, 0.6) is 11.5 Å². The number of carbonyl (C=O) groups excluding carboxylic acids is 1. The number of amides is 1. The van der Waals surface area contributed by atoms with Gasteiger partial charge in [0.25, 0.3) is 11.6 Å². The van der Waals surface area contributed by atoms with Gasteiger partial charge in [0.15, 0.2) is 11.5 Å². The van der Waals surface area contributed by atoms with E-state index in [-0.39, 0.29) is 16.9 Å². The molecule has 0 radical (unpaired) electrons. The molecule has 0 aliphatic carbocycles. The van der Waals surface area contributed by atoms with E-state index in [1.165, 1.54) is 30.3 Å². The minimum Gasteiger partial charge on any atom is -0.490 e. The van der Waals surface area contributed by atoms with Gasteiger partial charge in [0.1, 0.15) is 11.6 Å². The maximum absolute atomic E-state index is 12.5. The molecule has 0 aliphatic heterocycles. The van der Waals surface area contributed by atoms with Crippen LogP contribution in [0, 0.1) is 21.4 Å². The Balaban J connectivity index is 2.33. The highest BCUT2D eigenvalue weighted by Gasteiger charge is 2.15. The molecule has 1 N–H and O–H groups in total. The normalized spacial score (nSPS) is 10.8. The molecule has 0 atom stereocenters. The van der Waals surface area contributed by atoms with Crippen LogP contribution in [0.4, 0.5) is 11.4 Å². The van der Waals surface area contributed by atoms with Crippen LogP contribution in [0.2, 0.25) is 0 Å². The van der Waals surface area contributed by atoms with Gasteiger partial charge in [0.2, 0.25) is 0 Å². The summed E-state index contributed by atoms with van der Waals surface area (Å²) in [5.41, 5.74) is 0.430. The van der Waals surface area contributed by atoms with Crippen LogP contribution in [-0.2, 0) is 4.79 Å². The number of nitrogens with zero attached hydrogens (tertiary/aromatic N) is 2. The van der Waals surface area contributed by atoms with Gasteiger partial charge in [-0.05, 0) is 59.6 Å². The SMILES string of the molecule is CCOc1cc(/C=C(/C#N)C(=O)Nc2cccc([N+](=O)[O-])c2)cc(Br)c1OCC. The summed E-state index contributed by atoms with van der Waals surface area (Å²) in [5.74, 6) is 0.327. The number of hydrogen-bond acceptors (Lipinski definition) is 6. The molecule has 0 aromatic heterocycles. The van der Waals surface area contributed by atoms with Gasteiger partial charge >= 0.3 is 0 Å². The fourth-order valence-corrected chi connectivity index (χ4v) is 3.00. The third kappa shape index (κ3) is 5.80. The first-order valence-electron chi connectivity index (χ1n) is 8.66. The van der Waals surface area contributed by atoms with E-state index in [1.807, 2.05) is 19.9 Å². The van der Waals surface area contributed by atoms with Crippen molar-refractivity contribution >= 4 is 39.3 Å². The van der Waals surface area contributed by atoms with Gasteiger partial charge in [0.05, 0.1) is 22.6 Å². The standard InChI is InChI=1S/C20H18BrN3O5/c1-3-28-18-10-13(9-17(21)19(18)29-4-2)8-14(12-22)20(25)23-15-6-5-7-16(11-15)24(26)27/h5-11H,3-4H2,1-2H3,(H,23,25)/b14-8-. The smallest absolute Gasteiger partial charge is 0.271 e. The van der Waals surface area contributed by atoms with E-state index in [0.717, 1.165) is 0 Å². The van der Waals surface area contributed by atoms with Crippen LogP contribution in [0.3, 0.4) is 0 Å². The van der Waals surface area contributed by atoms with Crippen LogP contribution in [0.25, 0.3) is 6.08 Å². The molecule has 0 aliphatic rings. The van der Waals surface area contributed by atoms with Gasteiger partial charge < -0.3 is 14.8 Å². The first kappa shape index (κ1) is 21.9. The van der Waals surface area contributed by atoms with Gasteiger partial charge in [-0.1, -0.05) is 6.07 Å². The van der Waals surface area contributed by atoms with Crippen LogP contribution < -0.4 is 14.8 Å². The molecule has 2 aromatic rings. The van der Waals surface area contributed by atoms with E-state index < -0.39 is 10.8 Å². The molecule has 29 heavy (non-hydrogen) atoms. The highest BCUT2D eigenvalue weighted by Crippen LogP contribution is 2.37. The van der Waals surface area contributed by atoms with Crippen molar-refractivity contribution in [2.24, 2.45) is 0 Å². The van der Waals surface area contributed by atoms with Crippen molar-refractivity contribution in [3.8, 4) is 17.6 Å². The first-order valence-corrected chi connectivity index (χ1v) is 9.45. The quantitative estimate of drug-likeness (QED) is 0.264. The van der Waals surface area contributed by atoms with Crippen molar-refractivity contribution in [1.29, 1.82) is 5.26 Å². The lowest BCUT2D eigenvalue weighted by Crippen LogP contribution is -2.13. The largest absolute Gasteiger partial charge is 0.490 e. The average Bonchev–Trinajstić information content (AvgIpc) is 2.69. The molecule has 0 unspecified atom stereocenters. The number of benzene rings is 2. The molecule has 9 heteroatoms. The first-order chi connectivity index (χ1) is 13.9. The number of anilines is 1. The summed E-state index contributed by atoms with van der Waals surface area (Å²) >= 11 is 3.41. The van der Waals surface area contributed by atoms with E-state index >= 15 is 0 Å². The maximum atomic E-state index is 12.5. The minimum atomic E-state index is -0.684. The number of nitrogens with one attached hydrogen (secondary N) is 1. The Morgan fingerprint density at radius 1 is 1.28 bits per heavy atom. The number of hydrogen-bond donors (Lipinski definition) is 1. The fraction of sp³-hybridized carbons (Fsp3) is 0.200. The van der Waals surface area contributed by atoms with Crippen molar-refractivity contribution in [2.45, 2.75) is 13.8 Å². The van der Waals surface area contributed by atoms with Crippen LogP contribution in [0.1, 0.15) is 19.4 Å². The summed E-state index contributed by atoms with van der Waals surface area (Å²) in [6.45, 7) is 4.54. The Morgan fingerprint density at radius 2 is 2.00 bits per heavy atom. The van der Waals surface area contributed by atoms with E-state index in [4.69, 9.17) is 9.47 Å². The van der Waals surface area contributed by atoms with Crippen molar-refractivity contribution in [3.05, 3.63) is 62.1 Å². The molecule has 0 saturated heterocycles. The van der Waals surface area contributed by atoms with Crippen molar-refractivity contribution in [1.82, 2.24) is 0 Å². The third-order valence-corrected chi connectivity index (χ3v) is 4.20. The summed E-state index contributed by atoms with van der Waals surface area (Å²) in [4.78, 5) is 22.8. The zero-order chi connectivity index (χ0) is 21.4. The second-order valence-electron chi connectivity index (χ2n) is 5.63. The van der Waals surface area contributed by atoms with Crippen LogP contribution >= 0.6 is 15.9 Å². The molecular weight excluding hydrogens is 442 g/mol. The van der Waals surface area contributed by atoms with E-state index in [2.05, 4.69) is 21.2 Å². The molecule has 150 valence electrons. The summed E-state index contributed by atoms with van der Waals surface area (Å²) < 4.78 is 11.8. The molecule has 0 bridgehead atoms. The van der Waals surface area contributed by atoms with Crippen LogP contribution in [0.15, 0.2) is 46.4 Å². The van der Waals surface area contributed by atoms with Crippen LogP contribution in [-0.4, -0.2) is 24.0 Å².